The molecule has 0 aliphatic rings. The second kappa shape index (κ2) is 8.48. The van der Waals surface area contributed by atoms with Crippen LogP contribution in [0.25, 0.3) is 0 Å². The van der Waals surface area contributed by atoms with E-state index in [0.29, 0.717) is 0 Å². The molecule has 0 saturated carbocycles. The van der Waals surface area contributed by atoms with Gasteiger partial charge in [0.1, 0.15) is 11.9 Å². The van der Waals surface area contributed by atoms with E-state index in [0.717, 1.165) is 31.7 Å². The lowest BCUT2D eigenvalue weighted by atomic mass is 10.1. The predicted molar refractivity (Wildman–Crippen MR) is 88.8 cm³/mol. The molecule has 0 saturated heterocycles. The minimum absolute atomic E-state index is 0.0467. The molecule has 0 aliphatic carbocycles. The van der Waals surface area contributed by atoms with Crippen LogP contribution < -0.4 is 10.1 Å². The molecule has 1 N–H and O–H groups in total. The van der Waals surface area contributed by atoms with E-state index in [2.05, 4.69) is 61.6 Å². The summed E-state index contributed by atoms with van der Waals surface area (Å²) >= 11 is 0. The Hall–Kier alpha value is -1.80. The van der Waals surface area contributed by atoms with Crippen molar-refractivity contribution in [3.63, 3.8) is 0 Å². The van der Waals surface area contributed by atoms with Crippen molar-refractivity contribution in [3.8, 4) is 5.75 Å². The highest BCUT2D eigenvalue weighted by atomic mass is 16.5. The monoisotopic (exact) mass is 283 g/mol. The van der Waals surface area contributed by atoms with Crippen LogP contribution in [0, 0.1) is 0 Å². The smallest absolute Gasteiger partial charge is 0.136 e. The van der Waals surface area contributed by atoms with Crippen LogP contribution in [-0.4, -0.2) is 13.1 Å². The number of para-hydroxylation sites is 1. The molecule has 2 nitrogen and oxygen atoms in total. The van der Waals surface area contributed by atoms with E-state index in [-0.39, 0.29) is 6.10 Å². The number of hydrogen-bond donors (Lipinski definition) is 1. The fourth-order valence-corrected chi connectivity index (χ4v) is 2.37. The van der Waals surface area contributed by atoms with Gasteiger partial charge in [-0.05, 0) is 36.6 Å². The van der Waals surface area contributed by atoms with Crippen LogP contribution in [-0.2, 0) is 6.42 Å². The number of nitrogens with one attached hydrogen (secondary N) is 1. The molecule has 0 radical (unpaired) electrons. The summed E-state index contributed by atoms with van der Waals surface area (Å²) in [5.41, 5.74) is 2.47. The van der Waals surface area contributed by atoms with E-state index in [4.69, 9.17) is 4.74 Å². The van der Waals surface area contributed by atoms with Gasteiger partial charge in [-0.1, -0.05) is 62.4 Å². The zero-order valence-corrected chi connectivity index (χ0v) is 13.0. The third kappa shape index (κ3) is 4.61. The van der Waals surface area contributed by atoms with Crippen LogP contribution in [0.1, 0.15) is 37.5 Å². The maximum atomic E-state index is 6.31. The van der Waals surface area contributed by atoms with Crippen molar-refractivity contribution in [1.82, 2.24) is 5.32 Å². The first-order valence-electron chi connectivity index (χ1n) is 7.85. The lowest BCUT2D eigenvalue weighted by Gasteiger charge is -2.21. The average Bonchev–Trinajstić information content (AvgIpc) is 2.55. The van der Waals surface area contributed by atoms with Gasteiger partial charge < -0.3 is 10.1 Å². The van der Waals surface area contributed by atoms with Crippen molar-refractivity contribution in [2.24, 2.45) is 0 Å². The molecule has 112 valence electrons. The van der Waals surface area contributed by atoms with Gasteiger partial charge in [-0.15, -0.1) is 0 Å². The molecule has 0 aliphatic heterocycles. The van der Waals surface area contributed by atoms with Crippen LogP contribution in [0.2, 0.25) is 0 Å². The summed E-state index contributed by atoms with van der Waals surface area (Å²) in [6.07, 6.45) is 2.16. The van der Waals surface area contributed by atoms with E-state index in [1.165, 1.54) is 11.1 Å². The SMILES string of the molecule is CCCNCC(Oc1ccccc1CC)c1ccccc1. The molecular formula is C19H25NO. The predicted octanol–water partition coefficient (Wildman–Crippen LogP) is 4.37. The summed E-state index contributed by atoms with van der Waals surface area (Å²) in [5.74, 6) is 0.993. The van der Waals surface area contributed by atoms with Crippen molar-refractivity contribution in [2.75, 3.05) is 13.1 Å². The van der Waals surface area contributed by atoms with Crippen LogP contribution in [0.4, 0.5) is 0 Å². The fraction of sp³-hybridized carbons (Fsp3) is 0.368. The van der Waals surface area contributed by atoms with Gasteiger partial charge in [0.2, 0.25) is 0 Å². The number of aryl methyl sites for hydroxylation is 1. The standard InChI is InChI=1S/C19H25NO/c1-3-14-20-15-19(17-11-6-5-7-12-17)21-18-13-9-8-10-16(18)4-2/h5-13,19-20H,3-4,14-15H2,1-2H3. The summed E-state index contributed by atoms with van der Waals surface area (Å²) in [5, 5.41) is 3.47. The van der Waals surface area contributed by atoms with Gasteiger partial charge in [-0.2, -0.15) is 0 Å². The molecule has 2 rings (SSSR count). The second-order valence-electron chi connectivity index (χ2n) is 5.18. The Morgan fingerprint density at radius 2 is 1.67 bits per heavy atom. The van der Waals surface area contributed by atoms with Gasteiger partial charge in [-0.3, -0.25) is 0 Å². The van der Waals surface area contributed by atoms with Gasteiger partial charge in [0.05, 0.1) is 0 Å². The lowest BCUT2D eigenvalue weighted by Crippen LogP contribution is -2.26. The number of ether oxygens (including phenoxy) is 1. The first-order chi connectivity index (χ1) is 10.3. The zero-order chi connectivity index (χ0) is 14.9. The largest absolute Gasteiger partial charge is 0.484 e. The Bertz CT molecular complexity index is 524. The molecule has 2 aromatic carbocycles. The normalized spacial score (nSPS) is 12.1. The molecular weight excluding hydrogens is 258 g/mol. The molecule has 0 bridgehead atoms. The summed E-state index contributed by atoms with van der Waals surface area (Å²) in [6, 6.07) is 18.7. The van der Waals surface area contributed by atoms with Crippen LogP contribution in [0.3, 0.4) is 0 Å². The van der Waals surface area contributed by atoms with Gasteiger partial charge in [0, 0.05) is 6.54 Å². The number of benzene rings is 2. The maximum Gasteiger partial charge on any atom is 0.136 e. The van der Waals surface area contributed by atoms with E-state index in [1.807, 2.05) is 12.1 Å². The van der Waals surface area contributed by atoms with Crippen molar-refractivity contribution >= 4 is 0 Å². The van der Waals surface area contributed by atoms with E-state index in [1.54, 1.807) is 0 Å². The Balaban J connectivity index is 2.15. The molecule has 0 fully saturated rings. The van der Waals surface area contributed by atoms with E-state index < -0.39 is 0 Å². The molecule has 21 heavy (non-hydrogen) atoms. The van der Waals surface area contributed by atoms with Crippen LogP contribution in [0.5, 0.6) is 5.75 Å². The first-order valence-corrected chi connectivity index (χ1v) is 7.85. The Morgan fingerprint density at radius 1 is 0.952 bits per heavy atom. The summed E-state index contributed by atoms with van der Waals surface area (Å²) < 4.78 is 6.31. The minimum Gasteiger partial charge on any atom is -0.484 e. The highest BCUT2D eigenvalue weighted by molar-refractivity contribution is 5.34. The minimum atomic E-state index is 0.0467. The topological polar surface area (TPSA) is 21.3 Å². The molecule has 1 atom stereocenters. The van der Waals surface area contributed by atoms with E-state index >= 15 is 0 Å². The molecule has 1 unspecified atom stereocenters. The lowest BCUT2D eigenvalue weighted by molar-refractivity contribution is 0.200. The quantitative estimate of drug-likeness (QED) is 0.726. The van der Waals surface area contributed by atoms with E-state index in [9.17, 15) is 0 Å². The Labute approximate surface area is 128 Å². The number of rotatable bonds is 8. The van der Waals surface area contributed by atoms with Crippen molar-refractivity contribution in [2.45, 2.75) is 32.8 Å². The highest BCUT2D eigenvalue weighted by Gasteiger charge is 2.14. The molecule has 2 aromatic rings. The third-order valence-corrected chi connectivity index (χ3v) is 3.55. The first kappa shape index (κ1) is 15.6. The molecule has 0 heterocycles. The molecule has 0 aromatic heterocycles. The van der Waals surface area contributed by atoms with Crippen molar-refractivity contribution in [3.05, 3.63) is 65.7 Å². The zero-order valence-electron chi connectivity index (χ0n) is 13.0. The highest BCUT2D eigenvalue weighted by Crippen LogP contribution is 2.25. The van der Waals surface area contributed by atoms with Crippen molar-refractivity contribution < 1.29 is 4.74 Å². The molecule has 2 heteroatoms. The Kier molecular flexibility index (Phi) is 6.29. The van der Waals surface area contributed by atoms with Gasteiger partial charge >= 0.3 is 0 Å². The van der Waals surface area contributed by atoms with Crippen molar-refractivity contribution in [1.29, 1.82) is 0 Å². The summed E-state index contributed by atoms with van der Waals surface area (Å²) in [6.45, 7) is 6.19. The molecule has 0 spiro atoms. The summed E-state index contributed by atoms with van der Waals surface area (Å²) in [7, 11) is 0. The van der Waals surface area contributed by atoms with Crippen LogP contribution >= 0.6 is 0 Å². The fourth-order valence-electron chi connectivity index (χ4n) is 2.37. The van der Waals surface area contributed by atoms with Crippen LogP contribution in [0.15, 0.2) is 54.6 Å². The van der Waals surface area contributed by atoms with Gasteiger partial charge in [0.15, 0.2) is 0 Å². The summed E-state index contributed by atoms with van der Waals surface area (Å²) in [4.78, 5) is 0. The second-order valence-corrected chi connectivity index (χ2v) is 5.18. The molecule has 0 amide bonds. The van der Waals surface area contributed by atoms with Gasteiger partial charge in [-0.25, -0.2) is 0 Å². The Morgan fingerprint density at radius 3 is 2.38 bits per heavy atom. The average molecular weight is 283 g/mol. The third-order valence-electron chi connectivity index (χ3n) is 3.55. The maximum absolute atomic E-state index is 6.31. The number of hydrogen-bond acceptors (Lipinski definition) is 2. The van der Waals surface area contributed by atoms with Gasteiger partial charge in [0.25, 0.3) is 0 Å².